The summed E-state index contributed by atoms with van der Waals surface area (Å²) in [6.45, 7) is 2.55. The Morgan fingerprint density at radius 3 is 2.52 bits per heavy atom. The summed E-state index contributed by atoms with van der Waals surface area (Å²) in [6, 6.07) is 12.3. The largest absolute Gasteiger partial charge is 0.397 e. The predicted molar refractivity (Wildman–Crippen MR) is 89.3 cm³/mol. The Hall–Kier alpha value is -1.71. The van der Waals surface area contributed by atoms with Crippen molar-refractivity contribution in [1.82, 2.24) is 0 Å². The van der Waals surface area contributed by atoms with E-state index < -0.39 is 0 Å². The third-order valence-corrected chi connectivity index (χ3v) is 3.92. The minimum absolute atomic E-state index is 0.206. The number of rotatable bonds is 4. The summed E-state index contributed by atoms with van der Waals surface area (Å²) in [4.78, 5) is 14.4. The normalized spacial score (nSPS) is 10.4. The number of para-hydroxylation sites is 2. The molecule has 21 heavy (non-hydrogen) atoms. The number of carbonyl (C=O) groups is 1. The molecule has 2 N–H and O–H groups in total. The number of amides is 1. The molecule has 0 bridgehead atoms. The van der Waals surface area contributed by atoms with Gasteiger partial charge in [0.25, 0.3) is 5.91 Å². The first-order valence-corrected chi connectivity index (χ1v) is 7.42. The molecule has 0 saturated carbocycles. The molecule has 5 heteroatoms. The number of benzene rings is 2. The molecular formula is C16H16Cl2N2O. The summed E-state index contributed by atoms with van der Waals surface area (Å²) in [5.74, 6) is -0.206. The van der Waals surface area contributed by atoms with Crippen LogP contribution in [0.2, 0.25) is 10.0 Å². The number of carbonyl (C=O) groups excluding carboxylic acids is 1. The fourth-order valence-corrected chi connectivity index (χ4v) is 2.48. The van der Waals surface area contributed by atoms with Crippen LogP contribution in [0.15, 0.2) is 42.5 Å². The number of nitrogens with zero attached hydrogens (tertiary/aromatic N) is 1. The summed E-state index contributed by atoms with van der Waals surface area (Å²) in [7, 11) is 0. The Morgan fingerprint density at radius 1 is 1.14 bits per heavy atom. The molecule has 0 aliphatic heterocycles. The Balaban J connectivity index is 2.46. The Morgan fingerprint density at radius 2 is 1.86 bits per heavy atom. The average Bonchev–Trinajstić information content (AvgIpc) is 2.48. The third-order valence-electron chi connectivity index (χ3n) is 3.10. The van der Waals surface area contributed by atoms with Gasteiger partial charge in [-0.25, -0.2) is 0 Å². The number of hydrogen-bond donors (Lipinski definition) is 1. The van der Waals surface area contributed by atoms with Gasteiger partial charge >= 0.3 is 0 Å². The smallest absolute Gasteiger partial charge is 0.259 e. The van der Waals surface area contributed by atoms with Crippen molar-refractivity contribution in [2.75, 3.05) is 17.2 Å². The number of nitrogen functional groups attached to an aromatic ring is 1. The molecule has 0 saturated heterocycles. The highest BCUT2D eigenvalue weighted by molar-refractivity contribution is 6.44. The molecule has 110 valence electrons. The zero-order valence-electron chi connectivity index (χ0n) is 11.6. The first-order chi connectivity index (χ1) is 10.1. The molecule has 0 atom stereocenters. The van der Waals surface area contributed by atoms with Gasteiger partial charge in [-0.3, -0.25) is 4.79 Å². The van der Waals surface area contributed by atoms with Gasteiger partial charge in [-0.05, 0) is 30.7 Å². The zero-order valence-corrected chi connectivity index (χ0v) is 13.2. The minimum Gasteiger partial charge on any atom is -0.397 e. The highest BCUT2D eigenvalue weighted by Gasteiger charge is 2.21. The minimum atomic E-state index is -0.206. The van der Waals surface area contributed by atoms with Crippen molar-refractivity contribution in [2.45, 2.75) is 13.3 Å². The van der Waals surface area contributed by atoms with Crippen LogP contribution in [0.3, 0.4) is 0 Å². The molecule has 0 aliphatic rings. The van der Waals surface area contributed by atoms with Gasteiger partial charge in [-0.2, -0.15) is 0 Å². The second-order valence-electron chi connectivity index (χ2n) is 4.62. The molecule has 0 aromatic heterocycles. The van der Waals surface area contributed by atoms with E-state index in [1.54, 1.807) is 29.2 Å². The summed E-state index contributed by atoms with van der Waals surface area (Å²) in [5.41, 5.74) is 7.59. The van der Waals surface area contributed by atoms with Crippen molar-refractivity contribution in [3.05, 3.63) is 58.1 Å². The molecule has 1 amide bonds. The fourth-order valence-electron chi connectivity index (χ4n) is 2.10. The molecule has 0 heterocycles. The van der Waals surface area contributed by atoms with Crippen molar-refractivity contribution < 1.29 is 4.79 Å². The molecule has 0 radical (unpaired) electrons. The molecule has 3 nitrogen and oxygen atoms in total. The van der Waals surface area contributed by atoms with Crippen LogP contribution in [0, 0.1) is 0 Å². The van der Waals surface area contributed by atoms with Gasteiger partial charge in [0.15, 0.2) is 0 Å². The maximum absolute atomic E-state index is 12.8. The molecule has 2 rings (SSSR count). The van der Waals surface area contributed by atoms with Gasteiger partial charge in [0.1, 0.15) is 0 Å². The van der Waals surface area contributed by atoms with Gasteiger partial charge in [0.2, 0.25) is 0 Å². The first kappa shape index (κ1) is 15.7. The number of hydrogen-bond acceptors (Lipinski definition) is 2. The highest BCUT2D eigenvalue weighted by Crippen LogP contribution is 2.30. The quantitative estimate of drug-likeness (QED) is 0.834. The summed E-state index contributed by atoms with van der Waals surface area (Å²) in [5, 5.41) is 0.625. The van der Waals surface area contributed by atoms with E-state index in [0.717, 1.165) is 6.42 Å². The van der Waals surface area contributed by atoms with Crippen LogP contribution < -0.4 is 10.6 Å². The number of nitrogens with two attached hydrogens (primary N) is 1. The van der Waals surface area contributed by atoms with Crippen molar-refractivity contribution in [1.29, 1.82) is 0 Å². The third kappa shape index (κ3) is 3.31. The van der Waals surface area contributed by atoms with Crippen LogP contribution in [0.1, 0.15) is 23.7 Å². The second-order valence-corrected chi connectivity index (χ2v) is 5.40. The SMILES string of the molecule is CCCN(C(=O)c1cccc(Cl)c1Cl)c1ccccc1N. The fraction of sp³-hybridized carbons (Fsp3) is 0.188. The van der Waals surface area contributed by atoms with E-state index in [4.69, 9.17) is 28.9 Å². The van der Waals surface area contributed by atoms with Crippen LogP contribution in [-0.2, 0) is 0 Å². The predicted octanol–water partition coefficient (Wildman–Crippen LogP) is 4.63. The van der Waals surface area contributed by atoms with Crippen molar-refractivity contribution in [2.24, 2.45) is 0 Å². The molecular weight excluding hydrogens is 307 g/mol. The molecule has 0 unspecified atom stereocenters. The van der Waals surface area contributed by atoms with Crippen LogP contribution >= 0.6 is 23.2 Å². The monoisotopic (exact) mass is 322 g/mol. The van der Waals surface area contributed by atoms with Crippen LogP contribution in [0.25, 0.3) is 0 Å². The molecule has 2 aromatic rings. The summed E-state index contributed by atoms with van der Waals surface area (Å²) < 4.78 is 0. The second kappa shape index (κ2) is 6.83. The van der Waals surface area contributed by atoms with E-state index in [0.29, 0.717) is 28.5 Å². The van der Waals surface area contributed by atoms with Gasteiger partial charge in [0, 0.05) is 6.54 Å². The lowest BCUT2D eigenvalue weighted by molar-refractivity contribution is 0.0987. The van der Waals surface area contributed by atoms with Gasteiger partial charge in [0.05, 0.1) is 27.0 Å². The van der Waals surface area contributed by atoms with Gasteiger partial charge < -0.3 is 10.6 Å². The van der Waals surface area contributed by atoms with E-state index in [1.165, 1.54) is 0 Å². The van der Waals surface area contributed by atoms with Gasteiger partial charge in [-0.15, -0.1) is 0 Å². The maximum atomic E-state index is 12.8. The lowest BCUT2D eigenvalue weighted by Gasteiger charge is -2.24. The molecule has 0 spiro atoms. The standard InChI is InChI=1S/C16H16Cl2N2O/c1-2-10-20(14-9-4-3-8-13(14)19)16(21)11-6-5-7-12(17)15(11)18/h3-9H,2,10,19H2,1H3. The topological polar surface area (TPSA) is 46.3 Å². The maximum Gasteiger partial charge on any atom is 0.259 e. The van der Waals surface area contributed by atoms with Crippen molar-refractivity contribution >= 4 is 40.5 Å². The Bertz CT molecular complexity index is 658. The first-order valence-electron chi connectivity index (χ1n) is 6.66. The summed E-state index contributed by atoms with van der Waals surface area (Å²) in [6.07, 6.45) is 0.804. The molecule has 0 aliphatic carbocycles. The van der Waals surface area contributed by atoms with E-state index in [9.17, 15) is 4.79 Å². The van der Waals surface area contributed by atoms with Crippen LogP contribution in [-0.4, -0.2) is 12.5 Å². The molecule has 2 aromatic carbocycles. The average molecular weight is 323 g/mol. The van der Waals surface area contributed by atoms with E-state index in [-0.39, 0.29) is 10.9 Å². The van der Waals surface area contributed by atoms with Crippen molar-refractivity contribution in [3.8, 4) is 0 Å². The molecule has 0 fully saturated rings. The van der Waals surface area contributed by atoms with Crippen LogP contribution in [0.5, 0.6) is 0 Å². The number of anilines is 2. The van der Waals surface area contributed by atoms with Crippen LogP contribution in [0.4, 0.5) is 11.4 Å². The highest BCUT2D eigenvalue weighted by atomic mass is 35.5. The lowest BCUT2D eigenvalue weighted by atomic mass is 10.1. The Labute approximate surface area is 134 Å². The van der Waals surface area contributed by atoms with E-state index in [1.807, 2.05) is 25.1 Å². The zero-order chi connectivity index (χ0) is 15.4. The lowest BCUT2D eigenvalue weighted by Crippen LogP contribution is -2.32. The Kier molecular flexibility index (Phi) is 5.10. The van der Waals surface area contributed by atoms with E-state index >= 15 is 0 Å². The van der Waals surface area contributed by atoms with Crippen molar-refractivity contribution in [3.63, 3.8) is 0 Å². The summed E-state index contributed by atoms with van der Waals surface area (Å²) >= 11 is 12.1. The number of halogens is 2. The van der Waals surface area contributed by atoms with Gasteiger partial charge in [-0.1, -0.05) is 48.3 Å². The van der Waals surface area contributed by atoms with E-state index in [2.05, 4.69) is 0 Å².